The molecule has 1 aromatic heterocycles. The van der Waals surface area contributed by atoms with E-state index in [2.05, 4.69) is 15.4 Å². The van der Waals surface area contributed by atoms with Gasteiger partial charge in [0.25, 0.3) is 0 Å². The number of nitriles is 1. The van der Waals surface area contributed by atoms with Crippen LogP contribution in [0.4, 0.5) is 0 Å². The first-order valence-corrected chi connectivity index (χ1v) is 3.74. The average Bonchev–Trinajstić information content (AvgIpc) is 2.56. The number of amides is 1. The monoisotopic (exact) mass is 179 g/mol. The zero-order chi connectivity index (χ0) is 9.68. The fraction of sp³-hybridized carbons (Fsp3) is 0.429. The van der Waals surface area contributed by atoms with E-state index in [1.807, 2.05) is 6.07 Å². The Morgan fingerprint density at radius 3 is 3.15 bits per heavy atom. The Morgan fingerprint density at radius 2 is 2.62 bits per heavy atom. The minimum atomic E-state index is -0.476. The fourth-order valence-corrected chi connectivity index (χ4v) is 0.781. The van der Waals surface area contributed by atoms with Gasteiger partial charge in [0.1, 0.15) is 25.2 Å². The van der Waals surface area contributed by atoms with Gasteiger partial charge in [0.05, 0.1) is 6.07 Å². The topological polar surface area (TPSA) is 83.6 Å². The number of carbonyl (C=O) groups excluding carboxylic acids is 1. The maximum Gasteiger partial charge on any atom is 0.242 e. The van der Waals surface area contributed by atoms with Gasteiger partial charge in [-0.25, -0.2) is 9.67 Å². The lowest BCUT2D eigenvalue weighted by atomic mass is 10.4. The van der Waals surface area contributed by atoms with Crippen molar-refractivity contribution in [2.45, 2.75) is 19.5 Å². The molecule has 0 radical (unpaired) electrons. The van der Waals surface area contributed by atoms with Crippen molar-refractivity contribution in [3.05, 3.63) is 12.7 Å². The standard InChI is InChI=1S/C7H9N5O/c1-6(2-8)11-7(13)3-12-5-9-4-10-12/h4-6H,3H2,1H3,(H,11,13)/t6-/m0/s1. The van der Waals surface area contributed by atoms with Crippen molar-refractivity contribution in [1.82, 2.24) is 20.1 Å². The van der Waals surface area contributed by atoms with Crippen molar-refractivity contribution in [2.75, 3.05) is 0 Å². The Hall–Kier alpha value is -1.90. The highest BCUT2D eigenvalue weighted by Gasteiger charge is 2.06. The molecule has 0 bridgehead atoms. The van der Waals surface area contributed by atoms with E-state index in [-0.39, 0.29) is 12.5 Å². The van der Waals surface area contributed by atoms with Crippen LogP contribution in [0.15, 0.2) is 12.7 Å². The molecule has 6 heteroatoms. The number of rotatable bonds is 3. The summed E-state index contributed by atoms with van der Waals surface area (Å²) in [7, 11) is 0. The van der Waals surface area contributed by atoms with Gasteiger partial charge < -0.3 is 5.32 Å². The molecule has 1 aromatic rings. The third-order valence-corrected chi connectivity index (χ3v) is 1.34. The van der Waals surface area contributed by atoms with Crippen molar-refractivity contribution < 1.29 is 4.79 Å². The molecule has 0 aliphatic heterocycles. The molecule has 1 heterocycles. The van der Waals surface area contributed by atoms with Crippen LogP contribution in [0.2, 0.25) is 0 Å². The summed E-state index contributed by atoms with van der Waals surface area (Å²) in [4.78, 5) is 14.8. The van der Waals surface area contributed by atoms with Gasteiger partial charge in [-0.15, -0.1) is 0 Å². The molecule has 0 saturated heterocycles. The van der Waals surface area contributed by atoms with E-state index < -0.39 is 6.04 Å². The lowest BCUT2D eigenvalue weighted by molar-refractivity contribution is -0.122. The second-order valence-corrected chi connectivity index (χ2v) is 2.51. The molecule has 0 saturated carbocycles. The molecule has 0 aliphatic rings. The lowest BCUT2D eigenvalue weighted by Crippen LogP contribution is -2.34. The molecule has 68 valence electrons. The Morgan fingerprint density at radius 1 is 1.85 bits per heavy atom. The van der Waals surface area contributed by atoms with E-state index >= 15 is 0 Å². The van der Waals surface area contributed by atoms with Crippen LogP contribution in [0.1, 0.15) is 6.92 Å². The molecule has 0 fully saturated rings. The first kappa shape index (κ1) is 9.19. The van der Waals surface area contributed by atoms with E-state index in [0.29, 0.717) is 0 Å². The van der Waals surface area contributed by atoms with Gasteiger partial charge in [-0.1, -0.05) is 0 Å². The highest BCUT2D eigenvalue weighted by molar-refractivity contribution is 5.76. The molecule has 1 amide bonds. The van der Waals surface area contributed by atoms with Crippen LogP contribution in [0.3, 0.4) is 0 Å². The maximum absolute atomic E-state index is 11.1. The smallest absolute Gasteiger partial charge is 0.242 e. The molecule has 0 aromatic carbocycles. The summed E-state index contributed by atoms with van der Waals surface area (Å²) in [6, 6.07) is 1.42. The predicted octanol–water partition coefficient (Wildman–Crippen LogP) is -0.694. The molecule has 1 N–H and O–H groups in total. The highest BCUT2D eigenvalue weighted by atomic mass is 16.2. The number of nitrogens with one attached hydrogen (secondary N) is 1. The number of nitrogens with zero attached hydrogens (tertiary/aromatic N) is 4. The van der Waals surface area contributed by atoms with Crippen LogP contribution in [0, 0.1) is 11.3 Å². The molecular formula is C7H9N5O. The first-order chi connectivity index (χ1) is 6.22. The number of carbonyl (C=O) groups is 1. The van der Waals surface area contributed by atoms with Crippen LogP contribution in [-0.2, 0) is 11.3 Å². The molecule has 0 aliphatic carbocycles. The third-order valence-electron chi connectivity index (χ3n) is 1.34. The van der Waals surface area contributed by atoms with Crippen LogP contribution in [0.25, 0.3) is 0 Å². The lowest BCUT2D eigenvalue weighted by Gasteiger charge is -2.05. The third kappa shape index (κ3) is 2.91. The van der Waals surface area contributed by atoms with Gasteiger partial charge in [-0.3, -0.25) is 4.79 Å². The van der Waals surface area contributed by atoms with Crippen molar-refractivity contribution in [2.24, 2.45) is 0 Å². The largest absolute Gasteiger partial charge is 0.339 e. The van der Waals surface area contributed by atoms with E-state index in [1.165, 1.54) is 17.3 Å². The van der Waals surface area contributed by atoms with Gasteiger partial charge in [-0.2, -0.15) is 10.4 Å². The Balaban J connectivity index is 2.39. The van der Waals surface area contributed by atoms with Gasteiger partial charge in [0.15, 0.2) is 0 Å². The van der Waals surface area contributed by atoms with E-state index in [9.17, 15) is 4.79 Å². The van der Waals surface area contributed by atoms with E-state index in [0.717, 1.165) is 0 Å². The second-order valence-electron chi connectivity index (χ2n) is 2.51. The molecule has 0 unspecified atom stereocenters. The van der Waals surface area contributed by atoms with Gasteiger partial charge >= 0.3 is 0 Å². The molecule has 1 atom stereocenters. The normalized spacial score (nSPS) is 11.7. The summed E-state index contributed by atoms with van der Waals surface area (Å²) in [5, 5.41) is 14.6. The SMILES string of the molecule is C[C@@H](C#N)NC(=O)Cn1cncn1. The average molecular weight is 179 g/mol. The molecule has 0 spiro atoms. The Kier molecular flexibility index (Phi) is 2.97. The van der Waals surface area contributed by atoms with E-state index in [4.69, 9.17) is 5.26 Å². The van der Waals surface area contributed by atoms with Gasteiger partial charge in [-0.05, 0) is 6.92 Å². The highest BCUT2D eigenvalue weighted by Crippen LogP contribution is 1.82. The molecule has 6 nitrogen and oxygen atoms in total. The van der Waals surface area contributed by atoms with Gasteiger partial charge in [0, 0.05) is 0 Å². The molecular weight excluding hydrogens is 170 g/mol. The Bertz CT molecular complexity index is 312. The van der Waals surface area contributed by atoms with E-state index in [1.54, 1.807) is 6.92 Å². The number of aromatic nitrogens is 3. The first-order valence-electron chi connectivity index (χ1n) is 3.74. The zero-order valence-corrected chi connectivity index (χ0v) is 7.14. The quantitative estimate of drug-likeness (QED) is 0.665. The van der Waals surface area contributed by atoms with Crippen LogP contribution in [0.5, 0.6) is 0 Å². The van der Waals surface area contributed by atoms with Gasteiger partial charge in [0.2, 0.25) is 5.91 Å². The van der Waals surface area contributed by atoms with Crippen molar-refractivity contribution in [3.8, 4) is 6.07 Å². The van der Waals surface area contributed by atoms with Crippen LogP contribution >= 0.6 is 0 Å². The van der Waals surface area contributed by atoms with Crippen LogP contribution < -0.4 is 5.32 Å². The predicted molar refractivity (Wildman–Crippen MR) is 43.2 cm³/mol. The molecule has 1 rings (SSSR count). The van der Waals surface area contributed by atoms with Crippen LogP contribution in [-0.4, -0.2) is 26.7 Å². The summed E-state index contributed by atoms with van der Waals surface area (Å²) in [5.74, 6) is -0.250. The summed E-state index contributed by atoms with van der Waals surface area (Å²) < 4.78 is 1.39. The summed E-state index contributed by atoms with van der Waals surface area (Å²) in [6.45, 7) is 1.70. The number of hydrogen-bond acceptors (Lipinski definition) is 4. The summed E-state index contributed by atoms with van der Waals surface area (Å²) in [6.07, 6.45) is 2.79. The van der Waals surface area contributed by atoms with Crippen molar-refractivity contribution in [3.63, 3.8) is 0 Å². The Labute approximate surface area is 75.2 Å². The van der Waals surface area contributed by atoms with Crippen molar-refractivity contribution >= 4 is 5.91 Å². The molecule has 13 heavy (non-hydrogen) atoms. The second kappa shape index (κ2) is 4.21. The maximum atomic E-state index is 11.1. The zero-order valence-electron chi connectivity index (χ0n) is 7.14. The minimum Gasteiger partial charge on any atom is -0.339 e. The minimum absolute atomic E-state index is 0.0893. The summed E-state index contributed by atoms with van der Waals surface area (Å²) in [5.41, 5.74) is 0. The van der Waals surface area contributed by atoms with Crippen molar-refractivity contribution in [1.29, 1.82) is 5.26 Å². The summed E-state index contributed by atoms with van der Waals surface area (Å²) >= 11 is 0. The fourth-order valence-electron chi connectivity index (χ4n) is 0.781. The number of hydrogen-bond donors (Lipinski definition) is 1.